The molecule has 0 aliphatic rings. The fourth-order valence-electron chi connectivity index (χ4n) is 1.47. The Balaban J connectivity index is 1.94. The number of aromatic nitrogens is 2. The van der Waals surface area contributed by atoms with Gasteiger partial charge in [0.2, 0.25) is 11.8 Å². The van der Waals surface area contributed by atoms with E-state index in [2.05, 4.69) is 15.3 Å². The Bertz CT molecular complexity index is 651. The quantitative estimate of drug-likeness (QED) is 0.644. The molecular weight excluding hydrogens is 296 g/mol. The number of ether oxygens (including phenoxy) is 2. The number of carbonyl (C=O) groups excluding carboxylic acids is 1. The van der Waals surface area contributed by atoms with E-state index in [0.29, 0.717) is 11.4 Å². The standard InChI is InChI=1S/C13H13ClN4O3/c1-20-12-6-10(14)16-13(18-12)17-11(19)7-21-9-4-2-3-8(15)5-9/h2-6H,7,15H2,1H3,(H,16,17,18,19). The zero-order valence-corrected chi connectivity index (χ0v) is 11.9. The minimum absolute atomic E-state index is 0.0422. The van der Waals surface area contributed by atoms with E-state index in [-0.39, 0.29) is 23.6 Å². The first kappa shape index (κ1) is 14.9. The van der Waals surface area contributed by atoms with Crippen molar-refractivity contribution in [3.05, 3.63) is 35.5 Å². The molecule has 3 N–H and O–H groups in total. The van der Waals surface area contributed by atoms with Crippen molar-refractivity contribution in [1.82, 2.24) is 9.97 Å². The van der Waals surface area contributed by atoms with Crippen LogP contribution >= 0.6 is 11.6 Å². The van der Waals surface area contributed by atoms with E-state index in [4.69, 9.17) is 26.8 Å². The van der Waals surface area contributed by atoms with Gasteiger partial charge < -0.3 is 15.2 Å². The van der Waals surface area contributed by atoms with Gasteiger partial charge in [-0.2, -0.15) is 4.98 Å². The molecule has 0 aliphatic heterocycles. The molecule has 2 rings (SSSR count). The smallest absolute Gasteiger partial charge is 0.264 e. The van der Waals surface area contributed by atoms with Crippen LogP contribution in [-0.4, -0.2) is 29.6 Å². The van der Waals surface area contributed by atoms with Crippen LogP contribution in [0.1, 0.15) is 0 Å². The van der Waals surface area contributed by atoms with Crippen LogP contribution in [0, 0.1) is 0 Å². The minimum atomic E-state index is -0.429. The second kappa shape index (κ2) is 6.76. The Morgan fingerprint density at radius 3 is 2.90 bits per heavy atom. The Labute approximate surface area is 126 Å². The maximum absolute atomic E-state index is 11.8. The second-order valence-electron chi connectivity index (χ2n) is 3.97. The Hall–Kier alpha value is -2.54. The summed E-state index contributed by atoms with van der Waals surface area (Å²) in [5.74, 6) is 0.360. The maximum atomic E-state index is 11.8. The van der Waals surface area contributed by atoms with E-state index in [9.17, 15) is 4.79 Å². The first-order valence-corrected chi connectivity index (χ1v) is 6.31. The zero-order chi connectivity index (χ0) is 15.2. The van der Waals surface area contributed by atoms with Crippen LogP contribution in [-0.2, 0) is 4.79 Å². The summed E-state index contributed by atoms with van der Waals surface area (Å²) in [6.45, 7) is -0.207. The second-order valence-corrected chi connectivity index (χ2v) is 4.35. The summed E-state index contributed by atoms with van der Waals surface area (Å²) in [6.07, 6.45) is 0. The number of hydrogen-bond donors (Lipinski definition) is 2. The lowest BCUT2D eigenvalue weighted by atomic mass is 10.3. The van der Waals surface area contributed by atoms with Crippen molar-refractivity contribution in [3.8, 4) is 11.6 Å². The number of rotatable bonds is 5. The molecule has 2 aromatic rings. The molecular formula is C13H13ClN4O3. The van der Waals surface area contributed by atoms with Gasteiger partial charge in [-0.1, -0.05) is 17.7 Å². The number of methoxy groups -OCH3 is 1. The molecule has 0 atom stereocenters. The van der Waals surface area contributed by atoms with Crippen LogP contribution in [0.25, 0.3) is 0 Å². The lowest BCUT2D eigenvalue weighted by molar-refractivity contribution is -0.118. The third-order valence-corrected chi connectivity index (χ3v) is 2.55. The third-order valence-electron chi connectivity index (χ3n) is 2.36. The Kier molecular flexibility index (Phi) is 4.78. The van der Waals surface area contributed by atoms with Crippen molar-refractivity contribution >= 4 is 29.1 Å². The first-order valence-electron chi connectivity index (χ1n) is 5.93. The van der Waals surface area contributed by atoms with Crippen molar-refractivity contribution in [2.45, 2.75) is 0 Å². The number of halogens is 1. The molecule has 0 saturated carbocycles. The van der Waals surface area contributed by atoms with Gasteiger partial charge in [-0.3, -0.25) is 10.1 Å². The van der Waals surface area contributed by atoms with Crippen LogP contribution in [0.5, 0.6) is 11.6 Å². The highest BCUT2D eigenvalue weighted by atomic mass is 35.5. The first-order chi connectivity index (χ1) is 10.1. The van der Waals surface area contributed by atoms with E-state index < -0.39 is 5.91 Å². The minimum Gasteiger partial charge on any atom is -0.484 e. The number of anilines is 2. The Morgan fingerprint density at radius 2 is 2.19 bits per heavy atom. The molecule has 8 heteroatoms. The highest BCUT2D eigenvalue weighted by molar-refractivity contribution is 6.29. The SMILES string of the molecule is COc1cc(Cl)nc(NC(=O)COc2cccc(N)c2)n1. The van der Waals surface area contributed by atoms with Crippen LogP contribution in [0.4, 0.5) is 11.6 Å². The number of carbonyl (C=O) groups is 1. The molecule has 0 bridgehead atoms. The number of nitrogens with one attached hydrogen (secondary N) is 1. The summed E-state index contributed by atoms with van der Waals surface area (Å²) in [5, 5.41) is 2.62. The number of hydrogen-bond acceptors (Lipinski definition) is 6. The van der Waals surface area contributed by atoms with Crippen molar-refractivity contribution in [2.24, 2.45) is 0 Å². The van der Waals surface area contributed by atoms with E-state index in [0.717, 1.165) is 0 Å². The van der Waals surface area contributed by atoms with Gasteiger partial charge in [-0.05, 0) is 12.1 Å². The van der Waals surface area contributed by atoms with Gasteiger partial charge in [-0.25, -0.2) is 4.98 Å². The fourth-order valence-corrected chi connectivity index (χ4v) is 1.64. The number of nitrogens with two attached hydrogens (primary N) is 1. The lowest BCUT2D eigenvalue weighted by Crippen LogP contribution is -2.21. The lowest BCUT2D eigenvalue weighted by Gasteiger charge is -2.08. The van der Waals surface area contributed by atoms with Crippen LogP contribution in [0.15, 0.2) is 30.3 Å². The average molecular weight is 309 g/mol. The molecule has 0 unspecified atom stereocenters. The topological polar surface area (TPSA) is 99.4 Å². The number of nitrogens with zero attached hydrogens (tertiary/aromatic N) is 2. The monoisotopic (exact) mass is 308 g/mol. The summed E-state index contributed by atoms with van der Waals surface area (Å²) in [4.78, 5) is 19.5. The highest BCUT2D eigenvalue weighted by Gasteiger charge is 2.08. The normalized spacial score (nSPS) is 10.0. The van der Waals surface area contributed by atoms with Gasteiger partial charge in [0.1, 0.15) is 10.9 Å². The van der Waals surface area contributed by atoms with E-state index in [1.165, 1.54) is 13.2 Å². The Morgan fingerprint density at radius 1 is 1.38 bits per heavy atom. The fraction of sp³-hybridized carbons (Fsp3) is 0.154. The van der Waals surface area contributed by atoms with Crippen molar-refractivity contribution in [3.63, 3.8) is 0 Å². The molecule has 21 heavy (non-hydrogen) atoms. The van der Waals surface area contributed by atoms with Crippen molar-refractivity contribution < 1.29 is 14.3 Å². The van der Waals surface area contributed by atoms with Gasteiger partial charge in [0.05, 0.1) is 7.11 Å². The van der Waals surface area contributed by atoms with Gasteiger partial charge >= 0.3 is 0 Å². The number of nitrogen functional groups attached to an aromatic ring is 1. The molecule has 110 valence electrons. The van der Waals surface area contributed by atoms with Gasteiger partial charge in [0.25, 0.3) is 5.91 Å². The van der Waals surface area contributed by atoms with Gasteiger partial charge in [-0.15, -0.1) is 0 Å². The summed E-state index contributed by atoms with van der Waals surface area (Å²) >= 11 is 5.78. The molecule has 7 nitrogen and oxygen atoms in total. The van der Waals surface area contributed by atoms with Gasteiger partial charge in [0.15, 0.2) is 6.61 Å². The number of benzene rings is 1. The molecule has 0 radical (unpaired) electrons. The van der Waals surface area contributed by atoms with Crippen LogP contribution in [0.2, 0.25) is 5.15 Å². The molecule has 0 spiro atoms. The van der Waals surface area contributed by atoms with E-state index >= 15 is 0 Å². The molecule has 0 aliphatic carbocycles. The summed E-state index contributed by atoms with van der Waals surface area (Å²) in [5.41, 5.74) is 6.16. The zero-order valence-electron chi connectivity index (χ0n) is 11.2. The molecule has 1 aromatic heterocycles. The largest absolute Gasteiger partial charge is 0.484 e. The van der Waals surface area contributed by atoms with Gasteiger partial charge in [0, 0.05) is 17.8 Å². The molecule has 0 saturated heterocycles. The van der Waals surface area contributed by atoms with E-state index in [1.54, 1.807) is 24.3 Å². The highest BCUT2D eigenvalue weighted by Crippen LogP contribution is 2.16. The summed E-state index contributed by atoms with van der Waals surface area (Å²) in [7, 11) is 1.44. The van der Waals surface area contributed by atoms with Crippen LogP contribution < -0.4 is 20.5 Å². The predicted octanol–water partition coefficient (Wildman–Crippen LogP) is 1.74. The van der Waals surface area contributed by atoms with E-state index in [1.807, 2.05) is 0 Å². The third kappa shape index (κ3) is 4.50. The maximum Gasteiger partial charge on any atom is 0.264 e. The molecule has 1 heterocycles. The van der Waals surface area contributed by atoms with Crippen molar-refractivity contribution in [1.29, 1.82) is 0 Å². The number of amides is 1. The summed E-state index contributed by atoms with van der Waals surface area (Å²) < 4.78 is 10.2. The van der Waals surface area contributed by atoms with Crippen LogP contribution in [0.3, 0.4) is 0 Å². The predicted molar refractivity (Wildman–Crippen MR) is 78.6 cm³/mol. The molecule has 1 amide bonds. The molecule has 0 fully saturated rings. The average Bonchev–Trinajstić information content (AvgIpc) is 2.44. The van der Waals surface area contributed by atoms with Crippen molar-refractivity contribution in [2.75, 3.05) is 24.8 Å². The molecule has 1 aromatic carbocycles. The summed E-state index contributed by atoms with van der Waals surface area (Å²) in [6, 6.07) is 8.20.